The van der Waals surface area contributed by atoms with Crippen LogP contribution in [0.15, 0.2) is 101 Å². The van der Waals surface area contributed by atoms with Gasteiger partial charge in [-0.25, -0.2) is 0 Å². The van der Waals surface area contributed by atoms with E-state index in [4.69, 9.17) is 0 Å². The highest BCUT2D eigenvalue weighted by molar-refractivity contribution is 7.13. The minimum Gasteiger partial charge on any atom is -0.341 e. The third-order valence-corrected chi connectivity index (χ3v) is 5.62. The van der Waals surface area contributed by atoms with Crippen molar-refractivity contribution in [1.29, 1.82) is 0 Å². The molecule has 2 aromatic carbocycles. The zero-order valence-corrected chi connectivity index (χ0v) is 16.3. The summed E-state index contributed by atoms with van der Waals surface area (Å²) in [4.78, 5) is 18.5. The molecule has 1 N–H and O–H groups in total. The molecule has 5 rings (SSSR count). The van der Waals surface area contributed by atoms with Crippen LogP contribution in [0.25, 0.3) is 27.2 Å². The van der Waals surface area contributed by atoms with Crippen molar-refractivity contribution in [2.24, 2.45) is 0 Å². The first-order valence-electron chi connectivity index (χ1n) is 9.27. The largest absolute Gasteiger partial charge is 0.341 e. The van der Waals surface area contributed by atoms with Gasteiger partial charge in [-0.2, -0.15) is 0 Å². The molecule has 0 unspecified atom stereocenters. The summed E-state index contributed by atoms with van der Waals surface area (Å²) in [6.45, 7) is 0. The van der Waals surface area contributed by atoms with Crippen molar-refractivity contribution < 1.29 is 0 Å². The third kappa shape index (κ3) is 3.32. The van der Waals surface area contributed by atoms with Crippen LogP contribution in [0, 0.1) is 0 Å². The summed E-state index contributed by atoms with van der Waals surface area (Å²) in [6.07, 6.45) is 1.68. The lowest BCUT2D eigenvalue weighted by Gasteiger charge is -2.18. The molecule has 0 aliphatic carbocycles. The van der Waals surface area contributed by atoms with E-state index in [-0.39, 0.29) is 5.43 Å². The van der Waals surface area contributed by atoms with Crippen LogP contribution < -0.4 is 10.7 Å². The Balaban J connectivity index is 1.80. The third-order valence-electron chi connectivity index (χ3n) is 4.73. The SMILES string of the molecule is O=c1cc(Nc2ccccc2)n(-c2ccccc2)c2cc(-c3cccs3)ncc12. The number of hydrogen-bond acceptors (Lipinski definition) is 4. The summed E-state index contributed by atoms with van der Waals surface area (Å²) >= 11 is 1.63. The van der Waals surface area contributed by atoms with Crippen LogP contribution in [-0.4, -0.2) is 9.55 Å². The molecule has 0 spiro atoms. The van der Waals surface area contributed by atoms with Gasteiger partial charge in [-0.1, -0.05) is 42.5 Å². The Morgan fingerprint density at radius 1 is 0.862 bits per heavy atom. The number of fused-ring (bicyclic) bond motifs is 1. The Kier molecular flexibility index (Phi) is 4.42. The average Bonchev–Trinajstić information content (AvgIpc) is 3.30. The zero-order chi connectivity index (χ0) is 19.6. The first-order valence-corrected chi connectivity index (χ1v) is 10.1. The number of para-hydroxylation sites is 2. The number of hydrogen-bond donors (Lipinski definition) is 1. The quantitative estimate of drug-likeness (QED) is 0.415. The molecule has 29 heavy (non-hydrogen) atoms. The van der Waals surface area contributed by atoms with E-state index in [1.807, 2.05) is 84.2 Å². The normalized spacial score (nSPS) is 10.9. The first-order chi connectivity index (χ1) is 14.3. The second-order valence-corrected chi connectivity index (χ2v) is 7.57. The topological polar surface area (TPSA) is 46.9 Å². The van der Waals surface area contributed by atoms with Gasteiger partial charge in [0, 0.05) is 23.6 Å². The fourth-order valence-corrected chi connectivity index (χ4v) is 4.08. The van der Waals surface area contributed by atoms with Crippen LogP contribution in [0.1, 0.15) is 0 Å². The standard InChI is InChI=1S/C24H17N3OS/c28-22-15-24(26-17-8-3-1-4-9-17)27(18-10-5-2-6-11-18)21-14-20(25-16-19(21)22)23-12-7-13-29-23/h1-16,26H. The van der Waals surface area contributed by atoms with Crippen LogP contribution >= 0.6 is 11.3 Å². The van der Waals surface area contributed by atoms with Crippen molar-refractivity contribution in [3.8, 4) is 16.3 Å². The number of rotatable bonds is 4. The molecule has 3 aromatic heterocycles. The molecule has 5 heteroatoms. The van der Waals surface area contributed by atoms with Gasteiger partial charge in [0.05, 0.1) is 21.5 Å². The molecule has 0 atom stereocenters. The predicted octanol–water partition coefficient (Wildman–Crippen LogP) is 5.86. The maximum Gasteiger partial charge on any atom is 0.193 e. The molecule has 0 saturated carbocycles. The van der Waals surface area contributed by atoms with Gasteiger partial charge in [-0.15, -0.1) is 11.3 Å². The molecule has 5 aromatic rings. The molecule has 0 saturated heterocycles. The number of benzene rings is 2. The lowest BCUT2D eigenvalue weighted by atomic mass is 10.2. The Labute approximate surface area is 171 Å². The summed E-state index contributed by atoms with van der Waals surface area (Å²) in [5.74, 6) is 0.711. The number of anilines is 2. The smallest absolute Gasteiger partial charge is 0.193 e. The van der Waals surface area contributed by atoms with Crippen molar-refractivity contribution in [2.45, 2.75) is 0 Å². The molecule has 140 valence electrons. The highest BCUT2D eigenvalue weighted by Gasteiger charge is 2.13. The molecular weight excluding hydrogens is 378 g/mol. The van der Waals surface area contributed by atoms with Gasteiger partial charge < -0.3 is 5.32 Å². The first kappa shape index (κ1) is 17.4. The van der Waals surface area contributed by atoms with Crippen LogP contribution in [0.5, 0.6) is 0 Å². The van der Waals surface area contributed by atoms with Gasteiger partial charge in [0.25, 0.3) is 0 Å². The van der Waals surface area contributed by atoms with E-state index in [2.05, 4.69) is 14.9 Å². The predicted molar refractivity (Wildman–Crippen MR) is 120 cm³/mol. The monoisotopic (exact) mass is 395 g/mol. The number of pyridine rings is 2. The number of aromatic nitrogens is 2. The van der Waals surface area contributed by atoms with Gasteiger partial charge >= 0.3 is 0 Å². The molecule has 0 aliphatic heterocycles. The van der Waals surface area contributed by atoms with E-state index < -0.39 is 0 Å². The Morgan fingerprint density at radius 2 is 1.62 bits per heavy atom. The van der Waals surface area contributed by atoms with E-state index in [1.54, 1.807) is 23.6 Å². The highest BCUT2D eigenvalue weighted by Crippen LogP contribution is 2.29. The maximum absolute atomic E-state index is 12.9. The van der Waals surface area contributed by atoms with Crippen LogP contribution in [0.4, 0.5) is 11.5 Å². The highest BCUT2D eigenvalue weighted by atomic mass is 32.1. The molecule has 0 bridgehead atoms. The molecule has 3 heterocycles. The summed E-state index contributed by atoms with van der Waals surface area (Å²) in [6, 6.07) is 27.6. The molecular formula is C24H17N3OS. The Hall–Kier alpha value is -3.70. The summed E-state index contributed by atoms with van der Waals surface area (Å²) in [7, 11) is 0. The molecule has 0 amide bonds. The second-order valence-electron chi connectivity index (χ2n) is 6.62. The fraction of sp³-hybridized carbons (Fsp3) is 0. The minimum atomic E-state index is -0.0594. The van der Waals surface area contributed by atoms with Crippen molar-refractivity contribution >= 4 is 33.7 Å². The minimum absolute atomic E-state index is 0.0594. The van der Waals surface area contributed by atoms with Crippen LogP contribution in [-0.2, 0) is 0 Å². The van der Waals surface area contributed by atoms with E-state index in [0.717, 1.165) is 27.5 Å². The van der Waals surface area contributed by atoms with Gasteiger partial charge in [-0.05, 0) is 41.8 Å². The van der Waals surface area contributed by atoms with Gasteiger partial charge in [-0.3, -0.25) is 14.3 Å². The fourth-order valence-electron chi connectivity index (χ4n) is 3.39. The van der Waals surface area contributed by atoms with E-state index in [9.17, 15) is 4.79 Å². The van der Waals surface area contributed by atoms with Gasteiger partial charge in [0.15, 0.2) is 5.43 Å². The van der Waals surface area contributed by atoms with Crippen molar-refractivity contribution in [2.75, 3.05) is 5.32 Å². The van der Waals surface area contributed by atoms with E-state index in [1.165, 1.54) is 0 Å². The maximum atomic E-state index is 12.9. The number of nitrogens with one attached hydrogen (secondary N) is 1. The summed E-state index contributed by atoms with van der Waals surface area (Å²) in [5.41, 5.74) is 3.51. The number of thiophene rings is 1. The van der Waals surface area contributed by atoms with E-state index >= 15 is 0 Å². The van der Waals surface area contributed by atoms with Crippen molar-refractivity contribution in [3.05, 3.63) is 107 Å². The van der Waals surface area contributed by atoms with Crippen molar-refractivity contribution in [1.82, 2.24) is 9.55 Å². The van der Waals surface area contributed by atoms with Gasteiger partial charge in [0.2, 0.25) is 0 Å². The van der Waals surface area contributed by atoms with E-state index in [0.29, 0.717) is 11.2 Å². The second kappa shape index (κ2) is 7.37. The van der Waals surface area contributed by atoms with Crippen molar-refractivity contribution in [3.63, 3.8) is 0 Å². The Morgan fingerprint density at radius 3 is 2.34 bits per heavy atom. The lowest BCUT2D eigenvalue weighted by Crippen LogP contribution is -2.13. The Bertz CT molecular complexity index is 1330. The zero-order valence-electron chi connectivity index (χ0n) is 15.4. The van der Waals surface area contributed by atoms with Crippen LogP contribution in [0.2, 0.25) is 0 Å². The summed E-state index contributed by atoms with van der Waals surface area (Å²) < 4.78 is 2.07. The van der Waals surface area contributed by atoms with Gasteiger partial charge in [0.1, 0.15) is 5.82 Å². The molecule has 0 fully saturated rings. The van der Waals surface area contributed by atoms with Crippen LogP contribution in [0.3, 0.4) is 0 Å². The number of nitrogens with zero attached hydrogens (tertiary/aromatic N) is 2. The molecule has 4 nitrogen and oxygen atoms in total. The molecule has 0 radical (unpaired) electrons. The average molecular weight is 395 g/mol. The lowest BCUT2D eigenvalue weighted by molar-refractivity contribution is 1.10. The molecule has 0 aliphatic rings. The summed E-state index contributed by atoms with van der Waals surface area (Å²) in [5, 5.41) is 6.02.